The fraction of sp³-hybridized carbons (Fsp3) is 0.333. The highest BCUT2D eigenvalue weighted by Gasteiger charge is 2.23. The Morgan fingerprint density at radius 3 is 2.80 bits per heavy atom. The highest BCUT2D eigenvalue weighted by atomic mass is 16.5. The first-order valence-electron chi connectivity index (χ1n) is 10.5. The second kappa shape index (κ2) is 7.61. The molecule has 1 amide bonds. The molecule has 2 aromatic carbocycles. The summed E-state index contributed by atoms with van der Waals surface area (Å²) >= 11 is 0. The SMILES string of the molecule is CC(C)C(=O)Nc1ccc2c(c1)c(-c1cc3ccccc3o1)nn2C1CCCCO1. The fourth-order valence-electron chi connectivity index (χ4n) is 3.92. The minimum Gasteiger partial charge on any atom is -0.454 e. The Morgan fingerprint density at radius 2 is 2.03 bits per heavy atom. The van der Waals surface area contributed by atoms with Crippen molar-refractivity contribution in [1.29, 1.82) is 0 Å². The van der Waals surface area contributed by atoms with Gasteiger partial charge < -0.3 is 14.5 Å². The lowest BCUT2D eigenvalue weighted by Crippen LogP contribution is -2.19. The van der Waals surface area contributed by atoms with Crippen LogP contribution in [0.2, 0.25) is 0 Å². The summed E-state index contributed by atoms with van der Waals surface area (Å²) < 4.78 is 14.1. The molecule has 1 unspecified atom stereocenters. The third-order valence-electron chi connectivity index (χ3n) is 5.59. The van der Waals surface area contributed by atoms with E-state index in [2.05, 4.69) is 5.32 Å². The predicted octanol–water partition coefficient (Wildman–Crippen LogP) is 5.74. The molecular formula is C24H25N3O3. The number of fused-ring (bicyclic) bond motifs is 2. The summed E-state index contributed by atoms with van der Waals surface area (Å²) in [4.78, 5) is 12.2. The minimum absolute atomic E-state index is 0.0114. The summed E-state index contributed by atoms with van der Waals surface area (Å²) in [5.41, 5.74) is 3.31. The summed E-state index contributed by atoms with van der Waals surface area (Å²) in [5.74, 6) is 0.611. The molecule has 1 N–H and O–H groups in total. The lowest BCUT2D eigenvalue weighted by molar-refractivity contribution is -0.118. The Morgan fingerprint density at radius 1 is 1.17 bits per heavy atom. The van der Waals surface area contributed by atoms with Crippen LogP contribution in [0.15, 0.2) is 52.9 Å². The van der Waals surface area contributed by atoms with Crippen LogP contribution < -0.4 is 5.32 Å². The number of anilines is 1. The van der Waals surface area contributed by atoms with Crippen molar-refractivity contribution in [2.75, 3.05) is 11.9 Å². The van der Waals surface area contributed by atoms with Crippen LogP contribution in [0.25, 0.3) is 33.3 Å². The van der Waals surface area contributed by atoms with Crippen LogP contribution in [0, 0.1) is 5.92 Å². The van der Waals surface area contributed by atoms with Gasteiger partial charge in [0.1, 0.15) is 11.3 Å². The second-order valence-electron chi connectivity index (χ2n) is 8.14. The number of amides is 1. The van der Waals surface area contributed by atoms with Crippen molar-refractivity contribution < 1.29 is 13.9 Å². The van der Waals surface area contributed by atoms with E-state index in [0.717, 1.165) is 59.1 Å². The van der Waals surface area contributed by atoms with Crippen LogP contribution in [0.4, 0.5) is 5.69 Å². The van der Waals surface area contributed by atoms with E-state index in [4.69, 9.17) is 14.3 Å². The number of furan rings is 1. The maximum absolute atomic E-state index is 12.2. The quantitative estimate of drug-likeness (QED) is 0.471. The van der Waals surface area contributed by atoms with Gasteiger partial charge in [0, 0.05) is 29.0 Å². The molecule has 30 heavy (non-hydrogen) atoms. The topological polar surface area (TPSA) is 69.3 Å². The lowest BCUT2D eigenvalue weighted by atomic mass is 10.1. The molecule has 6 heteroatoms. The first-order valence-corrected chi connectivity index (χ1v) is 10.5. The molecule has 2 aromatic heterocycles. The number of hydrogen-bond donors (Lipinski definition) is 1. The Labute approximate surface area is 174 Å². The van der Waals surface area contributed by atoms with Crippen molar-refractivity contribution in [3.05, 3.63) is 48.5 Å². The van der Waals surface area contributed by atoms with Crippen molar-refractivity contribution in [1.82, 2.24) is 9.78 Å². The molecule has 0 radical (unpaired) electrons. The smallest absolute Gasteiger partial charge is 0.226 e. The van der Waals surface area contributed by atoms with Crippen molar-refractivity contribution in [2.24, 2.45) is 5.92 Å². The number of nitrogens with zero attached hydrogens (tertiary/aromatic N) is 2. The van der Waals surface area contributed by atoms with Gasteiger partial charge in [0.2, 0.25) is 5.91 Å². The van der Waals surface area contributed by atoms with Crippen molar-refractivity contribution in [2.45, 2.75) is 39.3 Å². The standard InChI is InChI=1S/C24H25N3O3/c1-15(2)24(28)25-17-10-11-19-18(14-17)23(26-27(19)22-9-5-6-12-29-22)21-13-16-7-3-4-8-20(16)30-21/h3-4,7-8,10-11,13-15,22H,5-6,9,12H2,1-2H3,(H,25,28). The van der Waals surface area contributed by atoms with Gasteiger partial charge in [0.25, 0.3) is 0 Å². The van der Waals surface area contributed by atoms with E-state index in [1.165, 1.54) is 0 Å². The molecule has 5 rings (SSSR count). The number of carbonyl (C=O) groups is 1. The molecular weight excluding hydrogens is 378 g/mol. The van der Waals surface area contributed by atoms with Gasteiger partial charge in [-0.2, -0.15) is 5.10 Å². The molecule has 1 aliphatic rings. The zero-order chi connectivity index (χ0) is 20.7. The van der Waals surface area contributed by atoms with Crippen LogP contribution in [0.5, 0.6) is 0 Å². The van der Waals surface area contributed by atoms with Gasteiger partial charge in [-0.1, -0.05) is 32.0 Å². The minimum atomic E-state index is -0.0890. The van der Waals surface area contributed by atoms with Crippen LogP contribution in [0.3, 0.4) is 0 Å². The molecule has 154 valence electrons. The molecule has 0 saturated carbocycles. The van der Waals surface area contributed by atoms with Gasteiger partial charge in [-0.05, 0) is 49.6 Å². The fourth-order valence-corrected chi connectivity index (χ4v) is 3.92. The normalized spacial score (nSPS) is 17.1. The molecule has 0 bridgehead atoms. The number of benzene rings is 2. The first kappa shape index (κ1) is 18.9. The Balaban J connectivity index is 1.65. The number of ether oxygens (including phenoxy) is 1. The van der Waals surface area contributed by atoms with Gasteiger partial charge in [-0.15, -0.1) is 0 Å². The van der Waals surface area contributed by atoms with Crippen LogP contribution in [-0.4, -0.2) is 22.3 Å². The molecule has 6 nitrogen and oxygen atoms in total. The van der Waals surface area contributed by atoms with E-state index in [1.807, 2.05) is 67.1 Å². The Kier molecular flexibility index (Phi) is 4.79. The van der Waals surface area contributed by atoms with Crippen molar-refractivity contribution in [3.8, 4) is 11.5 Å². The molecule has 0 spiro atoms. The largest absolute Gasteiger partial charge is 0.454 e. The summed E-state index contributed by atoms with van der Waals surface area (Å²) in [6.07, 6.45) is 3.05. The number of aromatic nitrogens is 2. The highest BCUT2D eigenvalue weighted by molar-refractivity contribution is 5.99. The lowest BCUT2D eigenvalue weighted by Gasteiger charge is -2.23. The van der Waals surface area contributed by atoms with E-state index < -0.39 is 0 Å². The zero-order valence-electron chi connectivity index (χ0n) is 17.2. The summed E-state index contributed by atoms with van der Waals surface area (Å²) in [5, 5.41) is 9.88. The van der Waals surface area contributed by atoms with E-state index in [1.54, 1.807) is 0 Å². The number of nitrogens with one attached hydrogen (secondary N) is 1. The molecule has 1 saturated heterocycles. The summed E-state index contributed by atoms with van der Waals surface area (Å²) in [6, 6.07) is 15.9. The van der Waals surface area contributed by atoms with Crippen molar-refractivity contribution >= 4 is 33.5 Å². The molecule has 1 aliphatic heterocycles. The zero-order valence-corrected chi connectivity index (χ0v) is 17.2. The number of rotatable bonds is 4. The maximum atomic E-state index is 12.2. The highest BCUT2D eigenvalue weighted by Crippen LogP contribution is 2.36. The van der Waals surface area contributed by atoms with Gasteiger partial charge >= 0.3 is 0 Å². The predicted molar refractivity (Wildman–Crippen MR) is 117 cm³/mol. The van der Waals surface area contributed by atoms with Crippen LogP contribution in [-0.2, 0) is 9.53 Å². The molecule has 1 fully saturated rings. The molecule has 4 aromatic rings. The van der Waals surface area contributed by atoms with Gasteiger partial charge in [0.15, 0.2) is 12.0 Å². The molecule has 3 heterocycles. The summed E-state index contributed by atoms with van der Waals surface area (Å²) in [6.45, 7) is 4.51. The van der Waals surface area contributed by atoms with Crippen molar-refractivity contribution in [3.63, 3.8) is 0 Å². The van der Waals surface area contributed by atoms with E-state index in [0.29, 0.717) is 5.76 Å². The maximum Gasteiger partial charge on any atom is 0.226 e. The van der Waals surface area contributed by atoms with Gasteiger partial charge in [-0.25, -0.2) is 4.68 Å². The molecule has 0 aliphatic carbocycles. The first-order chi connectivity index (χ1) is 14.6. The third kappa shape index (κ3) is 3.37. The average Bonchev–Trinajstić information content (AvgIpc) is 3.35. The number of hydrogen-bond acceptors (Lipinski definition) is 4. The van der Waals surface area contributed by atoms with Crippen LogP contribution >= 0.6 is 0 Å². The number of para-hydroxylation sites is 1. The monoisotopic (exact) mass is 403 g/mol. The van der Waals surface area contributed by atoms with Crippen LogP contribution in [0.1, 0.15) is 39.3 Å². The Bertz CT molecular complexity index is 1180. The van der Waals surface area contributed by atoms with Gasteiger partial charge in [-0.3, -0.25) is 4.79 Å². The van der Waals surface area contributed by atoms with E-state index in [9.17, 15) is 4.79 Å². The van der Waals surface area contributed by atoms with E-state index in [-0.39, 0.29) is 18.1 Å². The number of carbonyl (C=O) groups excluding carboxylic acids is 1. The van der Waals surface area contributed by atoms with E-state index >= 15 is 0 Å². The third-order valence-corrected chi connectivity index (χ3v) is 5.59. The summed E-state index contributed by atoms with van der Waals surface area (Å²) in [7, 11) is 0. The van der Waals surface area contributed by atoms with Gasteiger partial charge in [0.05, 0.1) is 5.52 Å². The molecule has 1 atom stereocenters. The average molecular weight is 403 g/mol. The second-order valence-corrected chi connectivity index (χ2v) is 8.14. The Hall–Kier alpha value is -3.12.